The normalized spacial score (nSPS) is 14.6. The highest BCUT2D eigenvalue weighted by Crippen LogP contribution is 2.21. The molecule has 0 fully saturated rings. The summed E-state index contributed by atoms with van der Waals surface area (Å²) in [6.07, 6.45) is -4.64. The van der Waals surface area contributed by atoms with Gasteiger partial charge in [0, 0.05) is 0 Å². The van der Waals surface area contributed by atoms with E-state index in [2.05, 4.69) is 0 Å². The molecule has 0 bridgehead atoms. The first-order valence-electron chi connectivity index (χ1n) is 4.58. The van der Waals surface area contributed by atoms with E-state index >= 15 is 0 Å². The molecular formula is C9H9BF3NO2S. The minimum atomic E-state index is -4.64. The van der Waals surface area contributed by atoms with Crippen molar-refractivity contribution in [3.63, 3.8) is 0 Å². The Labute approximate surface area is 98.5 Å². The van der Waals surface area contributed by atoms with Crippen LogP contribution in [0.2, 0.25) is 0 Å². The van der Waals surface area contributed by atoms with Crippen molar-refractivity contribution in [3.05, 3.63) is 24.3 Å². The summed E-state index contributed by atoms with van der Waals surface area (Å²) < 4.78 is 61.5. The molecule has 8 heteroatoms. The zero-order chi connectivity index (χ0) is 13.3. The van der Waals surface area contributed by atoms with E-state index in [1.165, 1.54) is 22.9 Å². The predicted octanol–water partition coefficient (Wildman–Crippen LogP) is 0.710. The van der Waals surface area contributed by atoms with Gasteiger partial charge in [0.05, 0.1) is 4.90 Å². The molecule has 1 N–H and O–H groups in total. The van der Waals surface area contributed by atoms with Crippen molar-refractivity contribution in [2.75, 3.05) is 0 Å². The highest BCUT2D eigenvalue weighted by atomic mass is 32.2. The van der Waals surface area contributed by atoms with Gasteiger partial charge in [-0.3, -0.25) is 0 Å². The number of sulfonamides is 1. The Morgan fingerprint density at radius 2 is 1.82 bits per heavy atom. The molecule has 0 aliphatic carbocycles. The van der Waals surface area contributed by atoms with Gasteiger partial charge in [-0.1, -0.05) is 23.7 Å². The molecule has 1 aromatic rings. The van der Waals surface area contributed by atoms with E-state index in [4.69, 9.17) is 7.85 Å². The lowest BCUT2D eigenvalue weighted by Crippen LogP contribution is -2.44. The molecule has 0 spiro atoms. The van der Waals surface area contributed by atoms with Gasteiger partial charge in [0.15, 0.2) is 0 Å². The van der Waals surface area contributed by atoms with Gasteiger partial charge in [0.25, 0.3) is 0 Å². The molecule has 0 aliphatic heterocycles. The third-order valence-corrected chi connectivity index (χ3v) is 3.65. The van der Waals surface area contributed by atoms with E-state index in [0.717, 1.165) is 13.0 Å². The number of alkyl halides is 3. The molecule has 0 unspecified atom stereocenters. The Balaban J connectivity index is 3.03. The standard InChI is InChI=1S/C9H9BF3NO2S/c1-6(9(11,12)13)14-17(15,16)8-5-3-2-4-7(8)10/h2-6,14H,1H3/t6-/m1/s1. The zero-order valence-electron chi connectivity index (χ0n) is 8.82. The second-order valence-corrected chi connectivity index (χ2v) is 5.10. The lowest BCUT2D eigenvalue weighted by atomic mass is 9.97. The Morgan fingerprint density at radius 3 is 2.29 bits per heavy atom. The van der Waals surface area contributed by atoms with Crippen molar-refractivity contribution in [3.8, 4) is 0 Å². The molecule has 0 saturated heterocycles. The minimum absolute atomic E-state index is 0.102. The molecule has 1 rings (SSSR count). The molecule has 0 aromatic heterocycles. The van der Waals surface area contributed by atoms with Gasteiger partial charge < -0.3 is 0 Å². The van der Waals surface area contributed by atoms with Crippen molar-refractivity contribution < 1.29 is 21.6 Å². The summed E-state index contributed by atoms with van der Waals surface area (Å²) in [4.78, 5) is -0.365. The third kappa shape index (κ3) is 3.47. The van der Waals surface area contributed by atoms with Crippen LogP contribution in [-0.4, -0.2) is 28.5 Å². The topological polar surface area (TPSA) is 46.2 Å². The first-order valence-corrected chi connectivity index (χ1v) is 6.06. The van der Waals surface area contributed by atoms with Gasteiger partial charge in [0.1, 0.15) is 13.9 Å². The number of nitrogens with one attached hydrogen (secondary N) is 1. The summed E-state index contributed by atoms with van der Waals surface area (Å²) in [5.41, 5.74) is -0.102. The fourth-order valence-electron chi connectivity index (χ4n) is 1.09. The monoisotopic (exact) mass is 263 g/mol. The van der Waals surface area contributed by atoms with Crippen LogP contribution in [-0.2, 0) is 10.0 Å². The molecule has 0 aliphatic rings. The smallest absolute Gasteiger partial charge is 0.207 e. The average molecular weight is 263 g/mol. The van der Waals surface area contributed by atoms with Crippen molar-refractivity contribution >= 4 is 23.3 Å². The van der Waals surface area contributed by atoms with Crippen LogP contribution in [0.5, 0.6) is 0 Å². The molecule has 2 radical (unpaired) electrons. The van der Waals surface area contributed by atoms with E-state index in [9.17, 15) is 21.6 Å². The van der Waals surface area contributed by atoms with Crippen LogP contribution in [0, 0.1) is 0 Å². The molecule has 1 aromatic carbocycles. The largest absolute Gasteiger partial charge is 0.404 e. The SMILES string of the molecule is [B]c1ccccc1S(=O)(=O)N[C@H](C)C(F)(F)F. The van der Waals surface area contributed by atoms with Crippen LogP contribution < -0.4 is 10.2 Å². The average Bonchev–Trinajstić information content (AvgIpc) is 2.15. The minimum Gasteiger partial charge on any atom is -0.207 e. The van der Waals surface area contributed by atoms with Crippen molar-refractivity contribution in [1.82, 2.24) is 4.72 Å². The molecular weight excluding hydrogens is 254 g/mol. The first-order chi connectivity index (χ1) is 7.64. The zero-order valence-corrected chi connectivity index (χ0v) is 9.64. The van der Waals surface area contributed by atoms with Crippen molar-refractivity contribution in [1.29, 1.82) is 0 Å². The third-order valence-electron chi connectivity index (χ3n) is 2.03. The molecule has 0 amide bonds. The van der Waals surface area contributed by atoms with Crippen LogP contribution in [0.1, 0.15) is 6.92 Å². The van der Waals surface area contributed by atoms with Crippen LogP contribution in [0.4, 0.5) is 13.2 Å². The van der Waals surface area contributed by atoms with Crippen LogP contribution in [0.25, 0.3) is 0 Å². The molecule has 17 heavy (non-hydrogen) atoms. The van der Waals surface area contributed by atoms with Gasteiger partial charge in [-0.15, -0.1) is 0 Å². The van der Waals surface area contributed by atoms with Crippen LogP contribution in [0.3, 0.4) is 0 Å². The summed E-state index contributed by atoms with van der Waals surface area (Å²) in [6, 6.07) is 3.13. The quantitative estimate of drug-likeness (QED) is 0.816. The number of halogens is 3. The Morgan fingerprint density at radius 1 is 1.29 bits per heavy atom. The van der Waals surface area contributed by atoms with Crippen molar-refractivity contribution in [2.45, 2.75) is 24.0 Å². The molecule has 3 nitrogen and oxygen atoms in total. The highest BCUT2D eigenvalue weighted by Gasteiger charge is 2.38. The second-order valence-electron chi connectivity index (χ2n) is 3.42. The first kappa shape index (κ1) is 14.0. The summed E-state index contributed by atoms with van der Waals surface area (Å²) in [7, 11) is 1.12. The lowest BCUT2D eigenvalue weighted by molar-refractivity contribution is -0.147. The van der Waals surface area contributed by atoms with E-state index in [-0.39, 0.29) is 10.4 Å². The highest BCUT2D eigenvalue weighted by molar-refractivity contribution is 7.89. The van der Waals surface area contributed by atoms with E-state index < -0.39 is 22.2 Å². The number of hydrogen-bond donors (Lipinski definition) is 1. The summed E-state index contributed by atoms with van der Waals surface area (Å²) in [6.45, 7) is 0.719. The number of hydrogen-bond acceptors (Lipinski definition) is 2. The Kier molecular flexibility index (Phi) is 3.88. The van der Waals surface area contributed by atoms with Crippen molar-refractivity contribution in [2.24, 2.45) is 0 Å². The van der Waals surface area contributed by atoms with Gasteiger partial charge >= 0.3 is 6.18 Å². The van der Waals surface area contributed by atoms with E-state index in [1.807, 2.05) is 0 Å². The Hall–Kier alpha value is -1.02. The van der Waals surface area contributed by atoms with Crippen LogP contribution in [0.15, 0.2) is 29.2 Å². The number of rotatable bonds is 3. The van der Waals surface area contributed by atoms with E-state index in [0.29, 0.717) is 0 Å². The molecule has 92 valence electrons. The van der Waals surface area contributed by atoms with E-state index in [1.54, 1.807) is 0 Å². The van der Waals surface area contributed by atoms with Crippen LogP contribution >= 0.6 is 0 Å². The number of benzene rings is 1. The van der Waals surface area contributed by atoms with Gasteiger partial charge in [-0.25, -0.2) is 8.42 Å². The fourth-order valence-corrected chi connectivity index (χ4v) is 2.45. The van der Waals surface area contributed by atoms with Gasteiger partial charge in [-0.05, 0) is 13.0 Å². The van der Waals surface area contributed by atoms with Gasteiger partial charge in [-0.2, -0.15) is 17.9 Å². The summed E-state index contributed by atoms with van der Waals surface area (Å²) in [5, 5.41) is 0. The lowest BCUT2D eigenvalue weighted by Gasteiger charge is -2.18. The predicted molar refractivity (Wildman–Crippen MR) is 57.7 cm³/mol. The molecule has 1 atom stereocenters. The summed E-state index contributed by atoms with van der Waals surface area (Å²) in [5.74, 6) is 0. The maximum absolute atomic E-state index is 12.2. The second kappa shape index (κ2) is 4.69. The molecule has 0 saturated carbocycles. The Bertz CT molecular complexity index is 501. The summed E-state index contributed by atoms with van der Waals surface area (Å²) >= 11 is 0. The maximum Gasteiger partial charge on any atom is 0.404 e. The molecule has 0 heterocycles. The fraction of sp³-hybridized carbons (Fsp3) is 0.333. The maximum atomic E-state index is 12.2. The van der Waals surface area contributed by atoms with Gasteiger partial charge in [0.2, 0.25) is 10.0 Å².